The lowest BCUT2D eigenvalue weighted by Gasteiger charge is -2.48. The molecule has 0 unspecified atom stereocenters. The quantitative estimate of drug-likeness (QED) is 0.650. The Balaban J connectivity index is 1.75. The van der Waals surface area contributed by atoms with E-state index < -0.39 is 4.92 Å². The molecule has 1 N–H and O–H groups in total. The number of nitriles is 1. The van der Waals surface area contributed by atoms with E-state index in [1.165, 1.54) is 57.4 Å². The van der Waals surface area contributed by atoms with Crippen LogP contribution in [0.2, 0.25) is 0 Å². The number of nitro groups is 1. The summed E-state index contributed by atoms with van der Waals surface area (Å²) in [4.78, 5) is 17.2. The monoisotopic (exact) mass is 343 g/mol. The van der Waals surface area contributed by atoms with Crippen molar-refractivity contribution in [3.05, 3.63) is 27.9 Å². The van der Waals surface area contributed by atoms with Gasteiger partial charge in [-0.05, 0) is 44.8 Å². The topological polar surface area (TPSA) is 95.1 Å². The molecule has 1 aromatic heterocycles. The third-order valence-electron chi connectivity index (χ3n) is 5.59. The fraction of sp³-hybridized carbons (Fsp3) is 0.667. The highest BCUT2D eigenvalue weighted by atomic mass is 16.6. The summed E-state index contributed by atoms with van der Waals surface area (Å²) in [5.41, 5.74) is -0.225. The Morgan fingerprint density at radius 3 is 2.52 bits per heavy atom. The Kier molecular flexibility index (Phi) is 5.49. The summed E-state index contributed by atoms with van der Waals surface area (Å²) in [6.45, 7) is 3.08. The maximum Gasteiger partial charge on any atom is 0.305 e. The van der Waals surface area contributed by atoms with Crippen molar-refractivity contribution in [2.45, 2.75) is 56.9 Å². The Morgan fingerprint density at radius 2 is 1.88 bits per heavy atom. The van der Waals surface area contributed by atoms with E-state index in [4.69, 9.17) is 5.26 Å². The first kappa shape index (κ1) is 17.6. The van der Waals surface area contributed by atoms with Crippen LogP contribution in [-0.4, -0.2) is 40.0 Å². The smallest absolute Gasteiger partial charge is 0.305 e. The first-order valence-electron chi connectivity index (χ1n) is 9.19. The minimum Gasteiger partial charge on any atom is -0.368 e. The van der Waals surface area contributed by atoms with Gasteiger partial charge in [-0.2, -0.15) is 5.26 Å². The molecular weight excluding hydrogens is 318 g/mol. The van der Waals surface area contributed by atoms with Crippen molar-refractivity contribution in [2.24, 2.45) is 0 Å². The molecule has 1 aromatic rings. The maximum atomic E-state index is 10.9. The first-order chi connectivity index (χ1) is 12.1. The van der Waals surface area contributed by atoms with Crippen LogP contribution in [-0.2, 0) is 0 Å². The van der Waals surface area contributed by atoms with Crippen molar-refractivity contribution in [2.75, 3.05) is 25.0 Å². The van der Waals surface area contributed by atoms with E-state index in [1.807, 2.05) is 6.07 Å². The van der Waals surface area contributed by atoms with Crippen molar-refractivity contribution in [1.82, 2.24) is 9.88 Å². The molecule has 3 rings (SSSR count). The molecule has 0 amide bonds. The highest BCUT2D eigenvalue weighted by molar-refractivity contribution is 5.50. The Bertz CT molecular complexity index is 658. The molecule has 7 heteroatoms. The summed E-state index contributed by atoms with van der Waals surface area (Å²) in [7, 11) is 0. The first-order valence-corrected chi connectivity index (χ1v) is 9.19. The Morgan fingerprint density at radius 1 is 1.20 bits per heavy atom. The number of nitrogens with one attached hydrogen (secondary N) is 1. The number of hydrogen-bond acceptors (Lipinski definition) is 6. The van der Waals surface area contributed by atoms with Gasteiger partial charge >= 0.3 is 5.69 Å². The molecule has 2 fully saturated rings. The van der Waals surface area contributed by atoms with Gasteiger partial charge < -0.3 is 5.32 Å². The molecule has 1 saturated heterocycles. The fourth-order valence-corrected chi connectivity index (χ4v) is 4.22. The van der Waals surface area contributed by atoms with E-state index in [1.54, 1.807) is 6.07 Å². The molecule has 134 valence electrons. The fourth-order valence-electron chi connectivity index (χ4n) is 4.22. The lowest BCUT2D eigenvalue weighted by Crippen LogP contribution is -2.56. The molecule has 1 saturated carbocycles. The summed E-state index contributed by atoms with van der Waals surface area (Å²) >= 11 is 0. The van der Waals surface area contributed by atoms with Gasteiger partial charge in [-0.15, -0.1) is 0 Å². The van der Waals surface area contributed by atoms with Gasteiger partial charge in [0.1, 0.15) is 11.9 Å². The predicted molar refractivity (Wildman–Crippen MR) is 95.3 cm³/mol. The van der Waals surface area contributed by atoms with Crippen LogP contribution in [0, 0.1) is 21.4 Å². The molecule has 0 spiro atoms. The van der Waals surface area contributed by atoms with Gasteiger partial charge in [0.15, 0.2) is 0 Å². The minimum atomic E-state index is -0.564. The number of rotatable bonds is 5. The molecule has 1 aliphatic heterocycles. The number of nitrogens with zero attached hydrogens (tertiary/aromatic N) is 4. The highest BCUT2D eigenvalue weighted by Gasteiger charge is 2.38. The molecule has 0 radical (unpaired) electrons. The van der Waals surface area contributed by atoms with Crippen molar-refractivity contribution in [3.8, 4) is 6.07 Å². The summed E-state index contributed by atoms with van der Waals surface area (Å²) < 4.78 is 0. The number of likely N-dealkylation sites (tertiary alicyclic amines) is 1. The van der Waals surface area contributed by atoms with Gasteiger partial charge in [0.05, 0.1) is 4.92 Å². The van der Waals surface area contributed by atoms with E-state index in [2.05, 4.69) is 15.2 Å². The molecule has 0 atom stereocenters. The molecular formula is C18H25N5O2. The zero-order chi connectivity index (χ0) is 17.7. The van der Waals surface area contributed by atoms with Crippen LogP contribution in [0.3, 0.4) is 0 Å². The van der Waals surface area contributed by atoms with E-state index in [9.17, 15) is 10.1 Å². The molecule has 2 heterocycles. The van der Waals surface area contributed by atoms with Crippen LogP contribution in [0.5, 0.6) is 0 Å². The normalized spacial score (nSPS) is 20.6. The molecule has 0 bridgehead atoms. The zero-order valence-corrected chi connectivity index (χ0v) is 14.5. The SMILES string of the molecule is N#Cc1nc(NCC2(N3CCCCC3)CCCCC2)ccc1[N+](=O)[O-]. The Hall–Kier alpha value is -2.20. The Labute approximate surface area is 148 Å². The molecule has 7 nitrogen and oxygen atoms in total. The number of hydrogen-bond donors (Lipinski definition) is 1. The van der Waals surface area contributed by atoms with Crippen molar-refractivity contribution in [1.29, 1.82) is 5.26 Å². The van der Waals surface area contributed by atoms with E-state index >= 15 is 0 Å². The van der Waals surface area contributed by atoms with Crippen molar-refractivity contribution >= 4 is 11.5 Å². The largest absolute Gasteiger partial charge is 0.368 e. The zero-order valence-electron chi connectivity index (χ0n) is 14.5. The molecule has 0 aromatic carbocycles. The van der Waals surface area contributed by atoms with Crippen LogP contribution in [0.4, 0.5) is 11.5 Å². The van der Waals surface area contributed by atoms with Crippen LogP contribution in [0.15, 0.2) is 12.1 Å². The molecule has 25 heavy (non-hydrogen) atoms. The average Bonchev–Trinajstić information content (AvgIpc) is 2.67. The third-order valence-corrected chi connectivity index (χ3v) is 5.59. The van der Waals surface area contributed by atoms with Gasteiger partial charge in [0, 0.05) is 18.2 Å². The summed E-state index contributed by atoms with van der Waals surface area (Å²) in [5.74, 6) is 0.545. The van der Waals surface area contributed by atoms with E-state index in [0.29, 0.717) is 5.82 Å². The van der Waals surface area contributed by atoms with Gasteiger partial charge in [-0.25, -0.2) is 4.98 Å². The van der Waals surface area contributed by atoms with Gasteiger partial charge in [-0.3, -0.25) is 15.0 Å². The van der Waals surface area contributed by atoms with Gasteiger partial charge in [0.2, 0.25) is 5.69 Å². The van der Waals surface area contributed by atoms with Crippen LogP contribution in [0.1, 0.15) is 57.1 Å². The number of anilines is 1. The second kappa shape index (κ2) is 7.79. The van der Waals surface area contributed by atoms with E-state index in [0.717, 1.165) is 19.6 Å². The lowest BCUT2D eigenvalue weighted by atomic mass is 9.79. The molecule has 1 aliphatic carbocycles. The van der Waals surface area contributed by atoms with Crippen molar-refractivity contribution < 1.29 is 4.92 Å². The number of aromatic nitrogens is 1. The standard InChI is InChI=1S/C18H25N5O2/c19-13-15-16(23(24)25)7-8-17(21-15)20-14-18(9-3-1-4-10-18)22-11-5-2-6-12-22/h7-8H,1-6,9-12,14H2,(H,20,21). The van der Waals surface area contributed by atoms with Crippen LogP contribution >= 0.6 is 0 Å². The molecule has 2 aliphatic rings. The summed E-state index contributed by atoms with van der Waals surface area (Å²) in [5, 5.41) is 23.4. The van der Waals surface area contributed by atoms with E-state index in [-0.39, 0.29) is 16.9 Å². The van der Waals surface area contributed by atoms with Gasteiger partial charge in [0.25, 0.3) is 0 Å². The third kappa shape index (κ3) is 3.90. The van der Waals surface area contributed by atoms with Crippen LogP contribution < -0.4 is 5.32 Å². The van der Waals surface area contributed by atoms with Crippen LogP contribution in [0.25, 0.3) is 0 Å². The number of pyridine rings is 1. The average molecular weight is 343 g/mol. The predicted octanol–water partition coefficient (Wildman–Crippen LogP) is 3.46. The highest BCUT2D eigenvalue weighted by Crippen LogP contribution is 2.35. The van der Waals surface area contributed by atoms with Crippen molar-refractivity contribution in [3.63, 3.8) is 0 Å². The number of piperidine rings is 1. The minimum absolute atomic E-state index is 0.134. The summed E-state index contributed by atoms with van der Waals surface area (Å²) in [6, 6.07) is 4.79. The lowest BCUT2D eigenvalue weighted by molar-refractivity contribution is -0.385. The second-order valence-electron chi connectivity index (χ2n) is 7.12. The second-order valence-corrected chi connectivity index (χ2v) is 7.12. The summed E-state index contributed by atoms with van der Waals surface area (Å²) in [6.07, 6.45) is 9.98. The van der Waals surface area contributed by atoms with Gasteiger partial charge in [-0.1, -0.05) is 25.7 Å². The maximum absolute atomic E-state index is 10.9.